The van der Waals surface area contributed by atoms with E-state index in [1.807, 2.05) is 6.07 Å². The molecule has 0 bridgehead atoms. The van der Waals surface area contributed by atoms with Crippen LogP contribution >= 0.6 is 34.8 Å². The molecule has 3 atom stereocenters. The van der Waals surface area contributed by atoms with E-state index < -0.39 is 57.4 Å². The van der Waals surface area contributed by atoms with Crippen LogP contribution in [0.5, 0.6) is 0 Å². The van der Waals surface area contributed by atoms with Crippen LogP contribution in [-0.4, -0.2) is 66.5 Å². The summed E-state index contributed by atoms with van der Waals surface area (Å²) in [5, 5.41) is 11.2. The van der Waals surface area contributed by atoms with Gasteiger partial charge in [-0.3, -0.25) is 14.5 Å². The SMILES string of the molecule is O=C(Cc1ccccc1)NC1C(=O)N2C(C(=O)OCC(Cl)(Cl)Cl)=C(CO)C[S+]([O-])[C@@H]12. The van der Waals surface area contributed by atoms with E-state index in [-0.39, 0.29) is 23.4 Å². The maximum Gasteiger partial charge on any atom is 0.355 e. The molecule has 0 radical (unpaired) electrons. The lowest BCUT2D eigenvalue weighted by molar-refractivity contribution is -0.153. The fraction of sp³-hybridized carbons (Fsp3) is 0.389. The summed E-state index contributed by atoms with van der Waals surface area (Å²) in [6.45, 7) is -1.18. The fourth-order valence-electron chi connectivity index (χ4n) is 3.18. The smallest absolute Gasteiger partial charge is 0.355 e. The van der Waals surface area contributed by atoms with Crippen molar-refractivity contribution in [2.75, 3.05) is 19.0 Å². The van der Waals surface area contributed by atoms with Gasteiger partial charge in [0.2, 0.25) is 15.1 Å². The lowest BCUT2D eigenvalue weighted by Gasteiger charge is -2.49. The van der Waals surface area contributed by atoms with Crippen molar-refractivity contribution in [3.8, 4) is 0 Å². The number of carbonyl (C=O) groups excluding carboxylic acids is 3. The molecule has 30 heavy (non-hydrogen) atoms. The number of benzene rings is 1. The molecule has 162 valence electrons. The zero-order valence-corrected chi connectivity index (χ0v) is 18.4. The molecule has 8 nitrogen and oxygen atoms in total. The average Bonchev–Trinajstić information content (AvgIpc) is 2.69. The second-order valence-electron chi connectivity index (χ2n) is 6.63. The van der Waals surface area contributed by atoms with Gasteiger partial charge in [0, 0.05) is 5.57 Å². The molecule has 0 aromatic heterocycles. The second-order valence-corrected chi connectivity index (χ2v) is 10.7. The molecule has 1 aromatic carbocycles. The summed E-state index contributed by atoms with van der Waals surface area (Å²) in [6.07, 6.45) is 0.0415. The first-order valence-corrected chi connectivity index (χ1v) is 11.2. The van der Waals surface area contributed by atoms with Crippen molar-refractivity contribution in [3.63, 3.8) is 0 Å². The van der Waals surface area contributed by atoms with Gasteiger partial charge < -0.3 is 19.7 Å². The number of β-lactam (4-membered cyclic amide) rings is 1. The molecule has 0 aliphatic carbocycles. The summed E-state index contributed by atoms with van der Waals surface area (Å²) in [6, 6.07) is 7.86. The standard InChI is InChI=1S/C18H17Cl3N2O6S/c19-18(20,21)9-29-17(27)14-11(7-24)8-30(28)16-13(15(26)23(14)16)22-12(25)6-10-4-2-1-3-5-10/h1-5,13,16,24H,6-9H2,(H,22,25)/t13?,16-,30?/m0/s1. The molecule has 3 rings (SSSR count). The second kappa shape index (κ2) is 9.33. The third-order valence-electron chi connectivity index (χ3n) is 4.48. The Hall–Kier alpha value is -1.49. The van der Waals surface area contributed by atoms with Crippen molar-refractivity contribution in [2.45, 2.75) is 21.6 Å². The topological polar surface area (TPSA) is 119 Å². The van der Waals surface area contributed by atoms with E-state index in [1.165, 1.54) is 0 Å². The Balaban J connectivity index is 1.74. The molecule has 1 aromatic rings. The summed E-state index contributed by atoms with van der Waals surface area (Å²) in [5.41, 5.74) is 0.582. The van der Waals surface area contributed by atoms with Crippen LogP contribution in [0.2, 0.25) is 0 Å². The maximum absolute atomic E-state index is 12.7. The first-order chi connectivity index (χ1) is 14.1. The quantitative estimate of drug-likeness (QED) is 0.261. The predicted octanol–water partition coefficient (Wildman–Crippen LogP) is 0.804. The van der Waals surface area contributed by atoms with E-state index in [4.69, 9.17) is 39.5 Å². The van der Waals surface area contributed by atoms with Crippen LogP contribution in [-0.2, 0) is 36.7 Å². The van der Waals surface area contributed by atoms with Crippen LogP contribution < -0.4 is 5.32 Å². The van der Waals surface area contributed by atoms with Gasteiger partial charge in [0.15, 0.2) is 6.04 Å². The maximum atomic E-state index is 12.7. The summed E-state index contributed by atoms with van der Waals surface area (Å²) >= 11 is 15.1. The van der Waals surface area contributed by atoms with Crippen LogP contribution in [0.25, 0.3) is 0 Å². The molecule has 0 saturated carbocycles. The monoisotopic (exact) mass is 494 g/mol. The third kappa shape index (κ3) is 5.04. The number of amides is 2. The third-order valence-corrected chi connectivity index (χ3v) is 6.46. The van der Waals surface area contributed by atoms with E-state index in [0.29, 0.717) is 0 Å². The molecular formula is C18H17Cl3N2O6S. The molecule has 2 amide bonds. The number of alkyl halides is 3. The Morgan fingerprint density at radius 2 is 1.97 bits per heavy atom. The van der Waals surface area contributed by atoms with Gasteiger partial charge >= 0.3 is 5.97 Å². The highest BCUT2D eigenvalue weighted by molar-refractivity contribution is 7.92. The minimum absolute atomic E-state index is 0.0415. The number of hydrogen-bond acceptors (Lipinski definition) is 6. The molecule has 1 saturated heterocycles. The molecule has 2 heterocycles. The lowest BCUT2D eigenvalue weighted by atomic mass is 10.0. The molecule has 2 unspecified atom stereocenters. The van der Waals surface area contributed by atoms with E-state index in [9.17, 15) is 24.0 Å². The van der Waals surface area contributed by atoms with E-state index in [2.05, 4.69) is 5.32 Å². The number of carbonyl (C=O) groups is 3. The number of halogens is 3. The highest BCUT2D eigenvalue weighted by Crippen LogP contribution is 2.37. The zero-order valence-electron chi connectivity index (χ0n) is 15.3. The normalized spacial score (nSPS) is 23.6. The average molecular weight is 496 g/mol. The minimum Gasteiger partial charge on any atom is -0.614 e. The van der Waals surface area contributed by atoms with Crippen LogP contribution in [0.4, 0.5) is 0 Å². The molecular weight excluding hydrogens is 479 g/mol. The fourth-order valence-corrected chi connectivity index (χ4v) is 5.02. The summed E-state index contributed by atoms with van der Waals surface area (Å²) < 4.78 is 15.7. The Labute approximate surface area is 190 Å². The van der Waals surface area contributed by atoms with Gasteiger partial charge in [0.25, 0.3) is 5.91 Å². The van der Waals surface area contributed by atoms with E-state index in [0.717, 1.165) is 10.5 Å². The molecule has 0 spiro atoms. The number of hydrogen-bond donors (Lipinski definition) is 2. The summed E-state index contributed by atoms with van der Waals surface area (Å²) in [4.78, 5) is 38.5. The van der Waals surface area contributed by atoms with Crippen LogP contribution in [0.1, 0.15) is 5.56 Å². The van der Waals surface area contributed by atoms with Gasteiger partial charge in [-0.2, -0.15) is 0 Å². The highest BCUT2D eigenvalue weighted by Gasteiger charge is 2.61. The van der Waals surface area contributed by atoms with Crippen LogP contribution in [0.3, 0.4) is 0 Å². The van der Waals surface area contributed by atoms with Crippen molar-refractivity contribution in [1.29, 1.82) is 0 Å². The summed E-state index contributed by atoms with van der Waals surface area (Å²) in [7, 11) is 0. The number of nitrogens with one attached hydrogen (secondary N) is 1. The number of ether oxygens (including phenoxy) is 1. The van der Waals surface area contributed by atoms with Gasteiger partial charge in [0.1, 0.15) is 18.1 Å². The number of esters is 1. The summed E-state index contributed by atoms with van der Waals surface area (Å²) in [5.74, 6) is -2.21. The Morgan fingerprint density at radius 3 is 2.57 bits per heavy atom. The van der Waals surface area contributed by atoms with Crippen molar-refractivity contribution < 1.29 is 28.8 Å². The van der Waals surface area contributed by atoms with E-state index >= 15 is 0 Å². The Morgan fingerprint density at radius 1 is 1.30 bits per heavy atom. The molecule has 12 heteroatoms. The molecule has 1 fully saturated rings. The lowest BCUT2D eigenvalue weighted by Crippen LogP contribution is -2.75. The first-order valence-electron chi connectivity index (χ1n) is 8.72. The van der Waals surface area contributed by atoms with E-state index in [1.54, 1.807) is 24.3 Å². The zero-order chi connectivity index (χ0) is 22.1. The van der Waals surface area contributed by atoms with Crippen molar-refractivity contribution in [2.24, 2.45) is 0 Å². The number of rotatable bonds is 6. The van der Waals surface area contributed by atoms with Gasteiger partial charge in [-0.15, -0.1) is 0 Å². The molecule has 2 N–H and O–H groups in total. The van der Waals surface area contributed by atoms with Crippen molar-refractivity contribution >= 4 is 63.8 Å². The highest BCUT2D eigenvalue weighted by atomic mass is 35.6. The Bertz CT molecular complexity index is 876. The Kier molecular flexibility index (Phi) is 7.21. The first kappa shape index (κ1) is 23.2. The number of aliphatic hydroxyl groups is 1. The number of aliphatic hydroxyl groups excluding tert-OH is 1. The van der Waals surface area contributed by atoms with Gasteiger partial charge in [-0.05, 0) is 16.7 Å². The predicted molar refractivity (Wildman–Crippen MR) is 111 cm³/mol. The van der Waals surface area contributed by atoms with Crippen molar-refractivity contribution in [1.82, 2.24) is 10.2 Å². The molecule has 2 aliphatic heterocycles. The number of nitrogens with zero attached hydrogens (tertiary/aromatic N) is 1. The van der Waals surface area contributed by atoms with Gasteiger partial charge in [0.05, 0.1) is 13.0 Å². The van der Waals surface area contributed by atoms with Crippen molar-refractivity contribution in [3.05, 3.63) is 47.2 Å². The molecule has 2 aliphatic rings. The largest absolute Gasteiger partial charge is 0.614 e. The van der Waals surface area contributed by atoms with Gasteiger partial charge in [-0.1, -0.05) is 65.1 Å². The van der Waals surface area contributed by atoms with Crippen LogP contribution in [0, 0.1) is 0 Å². The minimum atomic E-state index is -1.86. The van der Waals surface area contributed by atoms with Crippen LogP contribution in [0.15, 0.2) is 41.6 Å². The van der Waals surface area contributed by atoms with Gasteiger partial charge in [-0.25, -0.2) is 4.79 Å². The number of fused-ring (bicyclic) bond motifs is 1.